The molecule has 0 amide bonds. The van der Waals surface area contributed by atoms with E-state index in [-0.39, 0.29) is 0 Å². The molecule has 1 atom stereocenters. The maximum Gasteiger partial charge on any atom is 0.0472 e. The molecular weight excluding hydrogens is 314 g/mol. The Morgan fingerprint density at radius 3 is 2.59 bits per heavy atom. The van der Waals surface area contributed by atoms with E-state index in [1.54, 1.807) is 0 Å². The first-order valence-electron chi connectivity index (χ1n) is 5.72. The second-order valence-electron chi connectivity index (χ2n) is 3.90. The van der Waals surface area contributed by atoms with Gasteiger partial charge < -0.3 is 5.32 Å². The summed E-state index contributed by atoms with van der Waals surface area (Å²) in [6.07, 6.45) is 2.21. The smallest absolute Gasteiger partial charge is 0.0472 e. The predicted molar refractivity (Wildman–Crippen MR) is 81.2 cm³/mol. The first-order valence-corrected chi connectivity index (χ1v) is 8.21. The SMILES string of the molecule is CCc1ccc(CC(NC)c2sccc2Br)s1. The minimum atomic E-state index is 0.410. The van der Waals surface area contributed by atoms with E-state index in [1.165, 1.54) is 19.1 Å². The number of aryl methyl sites for hydroxylation is 1. The third-order valence-corrected chi connectivity index (χ3v) is 6.02. The van der Waals surface area contributed by atoms with Gasteiger partial charge >= 0.3 is 0 Å². The summed E-state index contributed by atoms with van der Waals surface area (Å²) in [4.78, 5) is 4.32. The molecule has 0 bridgehead atoms. The number of likely N-dealkylation sites (N-methyl/N-ethyl adjacent to an activating group) is 1. The average Bonchev–Trinajstić information content (AvgIpc) is 2.95. The summed E-state index contributed by atoms with van der Waals surface area (Å²) in [6.45, 7) is 2.21. The van der Waals surface area contributed by atoms with Gasteiger partial charge in [-0.05, 0) is 53.0 Å². The van der Waals surface area contributed by atoms with Crippen molar-refractivity contribution >= 4 is 38.6 Å². The van der Waals surface area contributed by atoms with Crippen molar-refractivity contribution in [3.05, 3.63) is 42.7 Å². The summed E-state index contributed by atoms with van der Waals surface area (Å²) >= 11 is 7.35. The van der Waals surface area contributed by atoms with Crippen LogP contribution in [-0.4, -0.2) is 7.05 Å². The summed E-state index contributed by atoms with van der Waals surface area (Å²) in [5.74, 6) is 0. The molecule has 1 unspecified atom stereocenters. The number of hydrogen-bond donors (Lipinski definition) is 1. The van der Waals surface area contributed by atoms with Crippen LogP contribution in [0.25, 0.3) is 0 Å². The van der Waals surface area contributed by atoms with E-state index in [0.29, 0.717) is 6.04 Å². The Balaban J connectivity index is 2.12. The highest BCUT2D eigenvalue weighted by atomic mass is 79.9. The minimum absolute atomic E-state index is 0.410. The van der Waals surface area contributed by atoms with Crippen LogP contribution in [0, 0.1) is 0 Å². The summed E-state index contributed by atoms with van der Waals surface area (Å²) in [5, 5.41) is 5.54. The molecule has 2 heterocycles. The molecule has 0 radical (unpaired) electrons. The van der Waals surface area contributed by atoms with Crippen LogP contribution in [0.5, 0.6) is 0 Å². The predicted octanol–water partition coefficient (Wildman–Crippen LogP) is 4.64. The Hall–Kier alpha value is -0.160. The van der Waals surface area contributed by atoms with Crippen molar-refractivity contribution < 1.29 is 0 Å². The average molecular weight is 330 g/mol. The Bertz CT molecular complexity index is 475. The van der Waals surface area contributed by atoms with Crippen LogP contribution in [0.2, 0.25) is 0 Å². The van der Waals surface area contributed by atoms with Gasteiger partial charge in [0.25, 0.3) is 0 Å². The van der Waals surface area contributed by atoms with Crippen molar-refractivity contribution in [2.75, 3.05) is 7.05 Å². The van der Waals surface area contributed by atoms with Gasteiger partial charge in [0.05, 0.1) is 0 Å². The highest BCUT2D eigenvalue weighted by molar-refractivity contribution is 9.10. The van der Waals surface area contributed by atoms with Gasteiger partial charge in [-0.1, -0.05) is 6.92 Å². The highest BCUT2D eigenvalue weighted by Crippen LogP contribution is 2.32. The number of rotatable bonds is 5. The van der Waals surface area contributed by atoms with Gasteiger partial charge in [0.15, 0.2) is 0 Å². The van der Waals surface area contributed by atoms with E-state index < -0.39 is 0 Å². The lowest BCUT2D eigenvalue weighted by Gasteiger charge is -2.14. The third-order valence-electron chi connectivity index (χ3n) is 2.78. The zero-order chi connectivity index (χ0) is 12.3. The van der Waals surface area contributed by atoms with Gasteiger partial charge in [-0.3, -0.25) is 0 Å². The normalized spacial score (nSPS) is 12.9. The highest BCUT2D eigenvalue weighted by Gasteiger charge is 2.15. The van der Waals surface area contributed by atoms with E-state index in [9.17, 15) is 0 Å². The van der Waals surface area contributed by atoms with Crippen molar-refractivity contribution in [3.63, 3.8) is 0 Å². The molecule has 0 fully saturated rings. The van der Waals surface area contributed by atoms with Crippen molar-refractivity contribution in [3.8, 4) is 0 Å². The van der Waals surface area contributed by atoms with Crippen LogP contribution in [0.1, 0.15) is 27.6 Å². The quantitative estimate of drug-likeness (QED) is 0.842. The van der Waals surface area contributed by atoms with Gasteiger partial charge in [-0.2, -0.15) is 0 Å². The van der Waals surface area contributed by atoms with E-state index in [2.05, 4.69) is 51.7 Å². The zero-order valence-electron chi connectivity index (χ0n) is 10.00. The summed E-state index contributed by atoms with van der Waals surface area (Å²) < 4.78 is 1.22. The van der Waals surface area contributed by atoms with Gasteiger partial charge in [0.2, 0.25) is 0 Å². The monoisotopic (exact) mass is 329 g/mol. The molecule has 0 aliphatic carbocycles. The summed E-state index contributed by atoms with van der Waals surface area (Å²) in [7, 11) is 2.03. The molecule has 1 N–H and O–H groups in total. The largest absolute Gasteiger partial charge is 0.312 e. The first kappa shape index (κ1) is 13.3. The molecule has 2 aromatic rings. The Labute approximate surface area is 119 Å². The lowest BCUT2D eigenvalue weighted by atomic mass is 10.1. The molecule has 2 aromatic heterocycles. The van der Waals surface area contributed by atoms with Crippen molar-refractivity contribution in [1.82, 2.24) is 5.32 Å². The second kappa shape index (κ2) is 6.14. The standard InChI is InChI=1S/C13H16BrNS2/c1-3-9-4-5-10(17-9)8-12(15-2)13-11(14)6-7-16-13/h4-7,12,15H,3,8H2,1-2H3. The van der Waals surface area contributed by atoms with Gasteiger partial charge in [-0.25, -0.2) is 0 Å². The minimum Gasteiger partial charge on any atom is -0.312 e. The third kappa shape index (κ3) is 3.19. The van der Waals surface area contributed by atoms with Gasteiger partial charge in [0, 0.05) is 31.6 Å². The van der Waals surface area contributed by atoms with E-state index >= 15 is 0 Å². The number of hydrogen-bond acceptors (Lipinski definition) is 3. The molecule has 0 aliphatic rings. The molecule has 17 heavy (non-hydrogen) atoms. The van der Waals surface area contributed by atoms with Crippen LogP contribution in [-0.2, 0) is 12.8 Å². The van der Waals surface area contributed by atoms with E-state index in [4.69, 9.17) is 0 Å². The van der Waals surface area contributed by atoms with Crippen LogP contribution < -0.4 is 5.32 Å². The fourth-order valence-corrected chi connectivity index (χ4v) is 4.57. The molecule has 0 spiro atoms. The van der Waals surface area contributed by atoms with Crippen LogP contribution in [0.4, 0.5) is 0 Å². The lowest BCUT2D eigenvalue weighted by molar-refractivity contribution is 0.605. The molecule has 0 saturated carbocycles. The molecule has 0 saturated heterocycles. The molecule has 0 aromatic carbocycles. The Morgan fingerprint density at radius 1 is 1.29 bits per heavy atom. The first-order chi connectivity index (χ1) is 8.24. The van der Waals surface area contributed by atoms with E-state index in [0.717, 1.165) is 12.8 Å². The Morgan fingerprint density at radius 2 is 2.06 bits per heavy atom. The van der Waals surface area contributed by atoms with Crippen LogP contribution in [0.15, 0.2) is 28.1 Å². The topological polar surface area (TPSA) is 12.0 Å². The summed E-state index contributed by atoms with van der Waals surface area (Å²) in [6, 6.07) is 7.04. The van der Waals surface area contributed by atoms with E-state index in [1.807, 2.05) is 29.7 Å². The number of nitrogens with one attached hydrogen (secondary N) is 1. The molecule has 92 valence electrons. The fraction of sp³-hybridized carbons (Fsp3) is 0.385. The lowest BCUT2D eigenvalue weighted by Crippen LogP contribution is -2.17. The number of halogens is 1. The molecule has 4 heteroatoms. The maximum absolute atomic E-state index is 3.61. The number of thiophene rings is 2. The van der Waals surface area contributed by atoms with Crippen LogP contribution >= 0.6 is 38.6 Å². The Kier molecular flexibility index (Phi) is 4.79. The molecular formula is C13H16BrNS2. The summed E-state index contributed by atoms with van der Waals surface area (Å²) in [5.41, 5.74) is 0. The maximum atomic E-state index is 3.61. The molecule has 0 aliphatic heterocycles. The molecule has 2 rings (SSSR count). The second-order valence-corrected chi connectivity index (χ2v) is 6.95. The van der Waals surface area contributed by atoms with Crippen molar-refractivity contribution in [1.29, 1.82) is 0 Å². The van der Waals surface area contributed by atoms with Crippen molar-refractivity contribution in [2.45, 2.75) is 25.8 Å². The van der Waals surface area contributed by atoms with Gasteiger partial charge in [0.1, 0.15) is 0 Å². The zero-order valence-corrected chi connectivity index (χ0v) is 13.2. The molecule has 1 nitrogen and oxygen atoms in total. The fourth-order valence-electron chi connectivity index (χ4n) is 1.80. The van der Waals surface area contributed by atoms with Crippen molar-refractivity contribution in [2.24, 2.45) is 0 Å². The van der Waals surface area contributed by atoms with Crippen LogP contribution in [0.3, 0.4) is 0 Å². The van der Waals surface area contributed by atoms with Gasteiger partial charge in [-0.15, -0.1) is 22.7 Å².